The predicted octanol–water partition coefficient (Wildman–Crippen LogP) is 2.09. The van der Waals surface area contributed by atoms with Crippen molar-refractivity contribution in [3.8, 4) is 0 Å². The van der Waals surface area contributed by atoms with Crippen molar-refractivity contribution in [2.24, 2.45) is 0 Å². The van der Waals surface area contributed by atoms with Crippen LogP contribution in [0.1, 0.15) is 30.1 Å². The maximum Gasteiger partial charge on any atom is 0.254 e. The summed E-state index contributed by atoms with van der Waals surface area (Å²) in [6.45, 7) is 2.97. The second-order valence-electron chi connectivity index (χ2n) is 4.41. The second-order valence-corrected chi connectivity index (χ2v) is 7.21. The van der Waals surface area contributed by atoms with Gasteiger partial charge in [0.1, 0.15) is 0 Å². The first kappa shape index (κ1) is 13.8. The minimum atomic E-state index is 0.00663. The molecule has 0 bridgehead atoms. The standard InChI is InChI=1S/C12H15IN2O2S/c1-8(16)14-10-2-4-15(5-3-10)12(17)9-6-11(13)18-7-9/h6-7,10H,2-5H2,1H3,(H,14,16). The molecule has 0 spiro atoms. The molecule has 1 fully saturated rings. The summed E-state index contributed by atoms with van der Waals surface area (Å²) in [7, 11) is 0. The first-order chi connectivity index (χ1) is 8.56. The van der Waals surface area contributed by atoms with Crippen molar-refractivity contribution in [2.75, 3.05) is 13.1 Å². The predicted molar refractivity (Wildman–Crippen MR) is 79.8 cm³/mol. The molecule has 2 rings (SSSR count). The lowest BCUT2D eigenvalue weighted by Gasteiger charge is -2.32. The molecule has 1 aromatic rings. The van der Waals surface area contributed by atoms with Crippen molar-refractivity contribution in [1.29, 1.82) is 0 Å². The Balaban J connectivity index is 1.90. The van der Waals surface area contributed by atoms with Crippen molar-refractivity contribution in [2.45, 2.75) is 25.8 Å². The molecule has 0 saturated carbocycles. The van der Waals surface area contributed by atoms with Gasteiger partial charge in [-0.05, 0) is 41.5 Å². The third kappa shape index (κ3) is 3.44. The van der Waals surface area contributed by atoms with E-state index in [-0.39, 0.29) is 17.9 Å². The third-order valence-corrected chi connectivity index (χ3v) is 4.79. The van der Waals surface area contributed by atoms with Crippen LogP contribution in [0.4, 0.5) is 0 Å². The van der Waals surface area contributed by atoms with Crippen molar-refractivity contribution in [3.05, 3.63) is 19.9 Å². The van der Waals surface area contributed by atoms with Gasteiger partial charge in [-0.2, -0.15) is 0 Å². The van der Waals surface area contributed by atoms with Gasteiger partial charge in [-0.25, -0.2) is 0 Å². The van der Waals surface area contributed by atoms with Crippen molar-refractivity contribution in [1.82, 2.24) is 10.2 Å². The van der Waals surface area contributed by atoms with E-state index in [0.717, 1.165) is 34.4 Å². The van der Waals surface area contributed by atoms with Gasteiger partial charge in [0, 0.05) is 31.4 Å². The molecule has 1 aliphatic rings. The highest BCUT2D eigenvalue weighted by atomic mass is 127. The van der Waals surface area contributed by atoms with Crippen LogP contribution in [0, 0.1) is 2.88 Å². The summed E-state index contributed by atoms with van der Waals surface area (Å²) in [5, 5.41) is 4.82. The summed E-state index contributed by atoms with van der Waals surface area (Å²) in [4.78, 5) is 25.0. The molecule has 4 nitrogen and oxygen atoms in total. The molecular formula is C12H15IN2O2S. The van der Waals surface area contributed by atoms with Gasteiger partial charge in [0.05, 0.1) is 8.45 Å². The molecule has 2 amide bonds. The average Bonchev–Trinajstić information content (AvgIpc) is 2.75. The molecule has 98 valence electrons. The first-order valence-corrected chi connectivity index (χ1v) is 7.82. The summed E-state index contributed by atoms with van der Waals surface area (Å²) < 4.78 is 1.13. The molecule has 1 N–H and O–H groups in total. The van der Waals surface area contributed by atoms with Crippen LogP contribution in [-0.2, 0) is 4.79 Å². The van der Waals surface area contributed by atoms with Crippen LogP contribution in [-0.4, -0.2) is 35.8 Å². The molecule has 6 heteroatoms. The summed E-state index contributed by atoms with van der Waals surface area (Å²) in [6, 6.07) is 2.14. The zero-order valence-electron chi connectivity index (χ0n) is 10.1. The molecule has 1 aliphatic heterocycles. The lowest BCUT2D eigenvalue weighted by Crippen LogP contribution is -2.46. The second kappa shape index (κ2) is 6.01. The number of thiophene rings is 1. The van der Waals surface area contributed by atoms with Gasteiger partial charge in [-0.3, -0.25) is 9.59 Å². The van der Waals surface area contributed by atoms with Crippen LogP contribution in [0.3, 0.4) is 0 Å². The Morgan fingerprint density at radius 1 is 1.44 bits per heavy atom. The highest BCUT2D eigenvalue weighted by Gasteiger charge is 2.24. The summed E-state index contributed by atoms with van der Waals surface area (Å²) in [5.74, 6) is 0.114. The highest BCUT2D eigenvalue weighted by molar-refractivity contribution is 14.1. The molecule has 0 unspecified atom stereocenters. The van der Waals surface area contributed by atoms with E-state index in [0.29, 0.717) is 0 Å². The Bertz CT molecular complexity index is 453. The normalized spacial score (nSPS) is 16.7. The smallest absolute Gasteiger partial charge is 0.254 e. The van der Waals surface area contributed by atoms with Crippen LogP contribution in [0.5, 0.6) is 0 Å². The molecule has 18 heavy (non-hydrogen) atoms. The topological polar surface area (TPSA) is 49.4 Å². The maximum atomic E-state index is 12.2. The van der Waals surface area contributed by atoms with Crippen LogP contribution >= 0.6 is 33.9 Å². The number of hydrogen-bond donors (Lipinski definition) is 1. The van der Waals surface area contributed by atoms with E-state index >= 15 is 0 Å². The van der Waals surface area contributed by atoms with Crippen molar-refractivity contribution >= 4 is 45.7 Å². The molecule has 1 saturated heterocycles. The number of nitrogens with one attached hydrogen (secondary N) is 1. The van der Waals surface area contributed by atoms with Crippen LogP contribution < -0.4 is 5.32 Å². The van der Waals surface area contributed by atoms with Crippen LogP contribution in [0.15, 0.2) is 11.4 Å². The molecule has 0 aliphatic carbocycles. The summed E-state index contributed by atoms with van der Waals surface area (Å²) >= 11 is 3.81. The Kier molecular flexibility index (Phi) is 4.60. The molecular weight excluding hydrogens is 363 g/mol. The minimum Gasteiger partial charge on any atom is -0.353 e. The van der Waals surface area contributed by atoms with Gasteiger partial charge in [-0.1, -0.05) is 0 Å². The average molecular weight is 378 g/mol. The summed E-state index contributed by atoms with van der Waals surface area (Å²) in [6.07, 6.45) is 1.68. The zero-order chi connectivity index (χ0) is 13.1. The molecule has 0 radical (unpaired) electrons. The van der Waals surface area contributed by atoms with E-state index in [2.05, 4.69) is 27.9 Å². The number of carbonyl (C=O) groups is 2. The van der Waals surface area contributed by atoms with E-state index in [4.69, 9.17) is 0 Å². The number of hydrogen-bond acceptors (Lipinski definition) is 3. The van der Waals surface area contributed by atoms with E-state index in [9.17, 15) is 9.59 Å². The van der Waals surface area contributed by atoms with Gasteiger partial charge in [0.2, 0.25) is 5.91 Å². The zero-order valence-corrected chi connectivity index (χ0v) is 13.1. The fourth-order valence-corrected chi connectivity index (χ4v) is 3.44. The van der Waals surface area contributed by atoms with Gasteiger partial charge in [0.25, 0.3) is 5.91 Å². The van der Waals surface area contributed by atoms with Gasteiger partial charge in [-0.15, -0.1) is 11.3 Å². The van der Waals surface area contributed by atoms with Crippen molar-refractivity contribution < 1.29 is 9.59 Å². The van der Waals surface area contributed by atoms with Gasteiger partial charge >= 0.3 is 0 Å². The van der Waals surface area contributed by atoms with E-state index in [1.54, 1.807) is 11.3 Å². The molecule has 0 atom stereocenters. The molecule has 1 aromatic heterocycles. The van der Waals surface area contributed by atoms with Crippen molar-refractivity contribution in [3.63, 3.8) is 0 Å². The Morgan fingerprint density at radius 2 is 2.11 bits per heavy atom. The largest absolute Gasteiger partial charge is 0.353 e. The number of amides is 2. The maximum absolute atomic E-state index is 12.2. The van der Waals surface area contributed by atoms with Gasteiger partial charge < -0.3 is 10.2 Å². The fourth-order valence-electron chi connectivity index (χ4n) is 2.12. The lowest BCUT2D eigenvalue weighted by molar-refractivity contribution is -0.119. The number of halogens is 1. The highest BCUT2D eigenvalue weighted by Crippen LogP contribution is 2.20. The Hall–Kier alpha value is -0.630. The number of carbonyl (C=O) groups excluding carboxylic acids is 2. The van der Waals surface area contributed by atoms with E-state index in [1.165, 1.54) is 6.92 Å². The number of likely N-dealkylation sites (tertiary alicyclic amines) is 1. The number of rotatable bonds is 2. The third-order valence-electron chi connectivity index (χ3n) is 3.00. The fraction of sp³-hybridized carbons (Fsp3) is 0.500. The SMILES string of the molecule is CC(=O)NC1CCN(C(=O)c2csc(I)c2)CC1. The minimum absolute atomic E-state index is 0.00663. The Morgan fingerprint density at radius 3 is 2.61 bits per heavy atom. The molecule has 0 aromatic carbocycles. The number of nitrogens with zero attached hydrogens (tertiary/aromatic N) is 1. The Labute approximate surface area is 124 Å². The molecule has 2 heterocycles. The van der Waals surface area contributed by atoms with E-state index < -0.39 is 0 Å². The summed E-state index contributed by atoms with van der Waals surface area (Å²) in [5.41, 5.74) is 0.780. The first-order valence-electron chi connectivity index (χ1n) is 5.86. The number of piperidine rings is 1. The quantitative estimate of drug-likeness (QED) is 0.802. The van der Waals surface area contributed by atoms with Crippen LogP contribution in [0.25, 0.3) is 0 Å². The van der Waals surface area contributed by atoms with Crippen LogP contribution in [0.2, 0.25) is 0 Å². The van der Waals surface area contributed by atoms with E-state index in [1.807, 2.05) is 16.3 Å². The monoisotopic (exact) mass is 378 g/mol. The lowest BCUT2D eigenvalue weighted by atomic mass is 10.0. The van der Waals surface area contributed by atoms with Gasteiger partial charge in [0.15, 0.2) is 0 Å².